The Morgan fingerprint density at radius 1 is 1.21 bits per heavy atom. The minimum atomic E-state index is 0.180. The van der Waals surface area contributed by atoms with Gasteiger partial charge in [0.1, 0.15) is 0 Å². The molecule has 0 spiro atoms. The number of benzene rings is 1. The lowest BCUT2D eigenvalue weighted by Gasteiger charge is -2.49. The molecule has 2 bridgehead atoms. The summed E-state index contributed by atoms with van der Waals surface area (Å²) in [6.45, 7) is 2.88. The van der Waals surface area contributed by atoms with Gasteiger partial charge in [0.2, 0.25) is 5.91 Å². The average molecular weight is 398 g/mol. The highest BCUT2D eigenvalue weighted by Crippen LogP contribution is 2.37. The van der Waals surface area contributed by atoms with Gasteiger partial charge in [0, 0.05) is 35.5 Å². The standard InChI is InChI=1S/C21H27N5OS/c27-21(22-16-6-7-16)20-13-25-9-8-15(20)10-18(25)12-26-11-17(23-24-26)14-28-19-4-2-1-3-5-19/h1-5,11,15-16,18,20H,6-10,12-14H2,(H,22,27)/t15?,18-,20+/m1/s1. The van der Waals surface area contributed by atoms with Crippen LogP contribution < -0.4 is 5.32 Å². The van der Waals surface area contributed by atoms with Crippen molar-refractivity contribution in [2.24, 2.45) is 11.8 Å². The van der Waals surface area contributed by atoms with Crippen LogP contribution in [-0.4, -0.2) is 51.0 Å². The minimum Gasteiger partial charge on any atom is -0.353 e. The monoisotopic (exact) mass is 397 g/mol. The van der Waals surface area contributed by atoms with Crippen molar-refractivity contribution in [3.05, 3.63) is 42.2 Å². The molecular weight excluding hydrogens is 370 g/mol. The van der Waals surface area contributed by atoms with Crippen LogP contribution in [0.5, 0.6) is 0 Å². The summed E-state index contributed by atoms with van der Waals surface area (Å²) in [6.07, 6.45) is 6.64. The quantitative estimate of drug-likeness (QED) is 0.728. The van der Waals surface area contributed by atoms with E-state index in [4.69, 9.17) is 0 Å². The van der Waals surface area contributed by atoms with Crippen LogP contribution in [0.15, 0.2) is 41.4 Å². The van der Waals surface area contributed by atoms with E-state index in [1.165, 1.54) is 4.90 Å². The summed E-state index contributed by atoms with van der Waals surface area (Å²) in [5.74, 6) is 1.82. The van der Waals surface area contributed by atoms with Crippen LogP contribution in [0, 0.1) is 11.8 Å². The van der Waals surface area contributed by atoms with Crippen molar-refractivity contribution in [2.45, 2.75) is 55.0 Å². The van der Waals surface area contributed by atoms with Crippen molar-refractivity contribution in [3.8, 4) is 0 Å². The normalized spacial score (nSPS) is 29.0. The van der Waals surface area contributed by atoms with Crippen molar-refractivity contribution in [1.29, 1.82) is 0 Å². The summed E-state index contributed by atoms with van der Waals surface area (Å²) in [5, 5.41) is 11.9. The molecule has 7 heteroatoms. The predicted octanol–water partition coefficient (Wildman–Crippen LogP) is 2.56. The Balaban J connectivity index is 1.15. The molecule has 1 N–H and O–H groups in total. The molecule has 6 rings (SSSR count). The maximum absolute atomic E-state index is 12.5. The third-order valence-corrected chi connectivity index (χ3v) is 7.30. The first-order chi connectivity index (χ1) is 13.7. The molecule has 1 saturated carbocycles. The van der Waals surface area contributed by atoms with E-state index in [-0.39, 0.29) is 11.8 Å². The largest absolute Gasteiger partial charge is 0.353 e. The van der Waals surface area contributed by atoms with Crippen molar-refractivity contribution < 1.29 is 4.79 Å². The van der Waals surface area contributed by atoms with Crippen molar-refractivity contribution in [3.63, 3.8) is 0 Å². The van der Waals surface area contributed by atoms with Gasteiger partial charge in [-0.3, -0.25) is 14.4 Å². The molecule has 148 valence electrons. The highest BCUT2D eigenvalue weighted by Gasteiger charge is 2.44. The fourth-order valence-electron chi connectivity index (χ4n) is 4.54. The predicted molar refractivity (Wildman–Crippen MR) is 109 cm³/mol. The topological polar surface area (TPSA) is 63.1 Å². The molecule has 1 aromatic carbocycles. The van der Waals surface area contributed by atoms with E-state index >= 15 is 0 Å². The Hall–Kier alpha value is -1.86. The molecule has 2 unspecified atom stereocenters. The molecule has 4 aliphatic rings. The van der Waals surface area contributed by atoms with Gasteiger partial charge in [-0.05, 0) is 50.3 Å². The Labute approximate surface area is 170 Å². The molecule has 1 aliphatic carbocycles. The second kappa shape index (κ2) is 7.87. The molecule has 3 aliphatic heterocycles. The first-order valence-corrected chi connectivity index (χ1v) is 11.3. The van der Waals surface area contributed by atoms with Crippen molar-refractivity contribution in [2.75, 3.05) is 13.1 Å². The number of fused-ring (bicyclic) bond motifs is 3. The van der Waals surface area contributed by atoms with Gasteiger partial charge in [-0.15, -0.1) is 16.9 Å². The van der Waals surface area contributed by atoms with Crippen LogP contribution in [0.3, 0.4) is 0 Å². The van der Waals surface area contributed by atoms with Gasteiger partial charge < -0.3 is 5.32 Å². The smallest absolute Gasteiger partial charge is 0.224 e. The van der Waals surface area contributed by atoms with E-state index in [1.807, 2.05) is 10.7 Å². The van der Waals surface area contributed by atoms with Gasteiger partial charge >= 0.3 is 0 Å². The zero-order chi connectivity index (χ0) is 18.9. The van der Waals surface area contributed by atoms with E-state index in [1.54, 1.807) is 11.8 Å². The number of nitrogens with one attached hydrogen (secondary N) is 1. The molecule has 2 aromatic rings. The van der Waals surface area contributed by atoms with Gasteiger partial charge in [-0.25, -0.2) is 0 Å². The maximum Gasteiger partial charge on any atom is 0.224 e. The number of hydrogen-bond donors (Lipinski definition) is 1. The van der Waals surface area contributed by atoms with Gasteiger partial charge in [-0.1, -0.05) is 23.4 Å². The fourth-order valence-corrected chi connectivity index (χ4v) is 5.34. The Bertz CT molecular complexity index is 821. The number of carbonyl (C=O) groups excluding carboxylic acids is 1. The highest BCUT2D eigenvalue weighted by molar-refractivity contribution is 7.98. The molecular formula is C21H27N5OS. The number of aromatic nitrogens is 3. The highest BCUT2D eigenvalue weighted by atomic mass is 32.2. The molecule has 28 heavy (non-hydrogen) atoms. The van der Waals surface area contributed by atoms with E-state index in [0.29, 0.717) is 18.0 Å². The van der Waals surface area contributed by atoms with E-state index in [9.17, 15) is 4.79 Å². The zero-order valence-corrected chi connectivity index (χ0v) is 16.9. The minimum absolute atomic E-state index is 0.180. The number of thioether (sulfide) groups is 1. The number of amides is 1. The Kier molecular flexibility index (Phi) is 5.11. The summed E-state index contributed by atoms with van der Waals surface area (Å²) in [7, 11) is 0. The van der Waals surface area contributed by atoms with Gasteiger partial charge in [-0.2, -0.15) is 0 Å². The number of rotatable bonds is 7. The molecule has 3 saturated heterocycles. The molecule has 4 fully saturated rings. The fraction of sp³-hybridized carbons (Fsp3) is 0.571. The third-order valence-electron chi connectivity index (χ3n) is 6.25. The summed E-state index contributed by atoms with van der Waals surface area (Å²) in [4.78, 5) is 16.3. The lowest BCUT2D eigenvalue weighted by molar-refractivity contribution is -0.133. The van der Waals surface area contributed by atoms with Crippen LogP contribution in [-0.2, 0) is 17.1 Å². The van der Waals surface area contributed by atoms with Gasteiger partial charge in [0.15, 0.2) is 0 Å². The first kappa shape index (κ1) is 18.2. The van der Waals surface area contributed by atoms with E-state index in [2.05, 4.69) is 51.0 Å². The summed E-state index contributed by atoms with van der Waals surface area (Å²) in [6, 6.07) is 11.3. The van der Waals surface area contributed by atoms with Gasteiger partial charge in [0.25, 0.3) is 0 Å². The van der Waals surface area contributed by atoms with Crippen LogP contribution in [0.1, 0.15) is 31.4 Å². The number of hydrogen-bond acceptors (Lipinski definition) is 5. The summed E-state index contributed by atoms with van der Waals surface area (Å²) in [5.41, 5.74) is 1.02. The van der Waals surface area contributed by atoms with E-state index < -0.39 is 0 Å². The molecule has 4 heterocycles. The second-order valence-electron chi connectivity index (χ2n) is 8.36. The third kappa shape index (κ3) is 4.10. The van der Waals surface area contributed by atoms with E-state index in [0.717, 1.165) is 56.8 Å². The number of carbonyl (C=O) groups is 1. The molecule has 4 atom stereocenters. The van der Waals surface area contributed by atoms with Crippen LogP contribution in [0.2, 0.25) is 0 Å². The second-order valence-corrected chi connectivity index (χ2v) is 9.40. The first-order valence-electron chi connectivity index (χ1n) is 10.4. The van der Waals surface area contributed by atoms with Crippen LogP contribution in [0.4, 0.5) is 0 Å². The van der Waals surface area contributed by atoms with Crippen molar-refractivity contribution in [1.82, 2.24) is 25.2 Å². The Morgan fingerprint density at radius 3 is 2.82 bits per heavy atom. The summed E-state index contributed by atoms with van der Waals surface area (Å²) >= 11 is 1.79. The summed E-state index contributed by atoms with van der Waals surface area (Å²) < 4.78 is 1.99. The Morgan fingerprint density at radius 2 is 2.07 bits per heavy atom. The molecule has 0 radical (unpaired) electrons. The lowest BCUT2D eigenvalue weighted by Crippen LogP contribution is -2.58. The molecule has 1 amide bonds. The zero-order valence-electron chi connectivity index (χ0n) is 16.0. The maximum atomic E-state index is 12.5. The average Bonchev–Trinajstić information content (AvgIpc) is 3.44. The lowest BCUT2D eigenvalue weighted by atomic mass is 9.75. The van der Waals surface area contributed by atoms with Gasteiger partial charge in [0.05, 0.1) is 18.2 Å². The van der Waals surface area contributed by atoms with Crippen LogP contribution >= 0.6 is 11.8 Å². The molecule has 6 nitrogen and oxygen atoms in total. The number of piperidine rings is 3. The SMILES string of the molecule is O=C(NC1CC1)[C@H]1CN2CCC1C[C@@H]2Cn1cc(CSc2ccccc2)nn1. The molecule has 1 aromatic heterocycles. The van der Waals surface area contributed by atoms with Crippen LogP contribution in [0.25, 0.3) is 0 Å². The number of nitrogens with zero attached hydrogens (tertiary/aromatic N) is 4. The van der Waals surface area contributed by atoms with Crippen molar-refractivity contribution >= 4 is 17.7 Å².